The van der Waals surface area contributed by atoms with E-state index < -0.39 is 5.60 Å². The number of hydrogen-bond acceptors (Lipinski definition) is 2. The van der Waals surface area contributed by atoms with Gasteiger partial charge in [0.2, 0.25) is 0 Å². The Labute approximate surface area is 108 Å². The van der Waals surface area contributed by atoms with Crippen LogP contribution in [-0.2, 0) is 11.2 Å². The van der Waals surface area contributed by atoms with Gasteiger partial charge in [-0.25, -0.2) is 4.39 Å². The Bertz CT molecular complexity index is 435. The van der Waals surface area contributed by atoms with Gasteiger partial charge in [-0.05, 0) is 36.6 Å². The fourth-order valence-electron chi connectivity index (χ4n) is 2.20. The number of halogens is 2. The van der Waals surface area contributed by atoms with Crippen LogP contribution in [0.4, 0.5) is 4.39 Å². The summed E-state index contributed by atoms with van der Waals surface area (Å²) >= 11 is 3.35. The molecule has 1 aromatic carbocycles. The molecule has 0 aromatic heterocycles. The molecule has 0 saturated heterocycles. The second-order valence-corrected chi connectivity index (χ2v) is 5.53. The maximum atomic E-state index is 13.1. The molecule has 1 saturated carbocycles. The van der Waals surface area contributed by atoms with Crippen LogP contribution < -0.4 is 0 Å². The second-order valence-electron chi connectivity index (χ2n) is 4.68. The Balaban J connectivity index is 2.14. The van der Waals surface area contributed by atoms with Crippen molar-refractivity contribution in [2.75, 3.05) is 0 Å². The zero-order valence-electron chi connectivity index (χ0n) is 9.38. The van der Waals surface area contributed by atoms with E-state index in [0.717, 1.165) is 10.0 Å². The number of ketones is 1. The van der Waals surface area contributed by atoms with E-state index in [2.05, 4.69) is 15.9 Å². The zero-order chi connectivity index (χ0) is 12.5. The lowest BCUT2D eigenvalue weighted by Crippen LogP contribution is -2.36. The van der Waals surface area contributed by atoms with Crippen molar-refractivity contribution in [3.05, 3.63) is 34.1 Å². The Morgan fingerprint density at radius 2 is 2.00 bits per heavy atom. The summed E-state index contributed by atoms with van der Waals surface area (Å²) in [6, 6.07) is 4.45. The van der Waals surface area contributed by atoms with Gasteiger partial charge in [0.15, 0.2) is 0 Å². The lowest BCUT2D eigenvalue weighted by molar-refractivity contribution is -0.125. The average Bonchev–Trinajstić information content (AvgIpc) is 2.28. The molecule has 1 aromatic rings. The number of benzene rings is 1. The standard InChI is InChI=1S/C13H14BrFO2/c14-12-2-1-10(15)7-9(12)8-13(17)5-3-11(16)4-6-13/h1-2,7,17H,3-6,8H2. The van der Waals surface area contributed by atoms with Crippen LogP contribution >= 0.6 is 15.9 Å². The van der Waals surface area contributed by atoms with Gasteiger partial charge in [-0.3, -0.25) is 4.79 Å². The highest BCUT2D eigenvalue weighted by Gasteiger charge is 2.32. The van der Waals surface area contributed by atoms with Gasteiger partial charge in [-0.2, -0.15) is 0 Å². The molecule has 0 amide bonds. The molecule has 4 heteroatoms. The lowest BCUT2D eigenvalue weighted by Gasteiger charge is -2.31. The Morgan fingerprint density at radius 1 is 1.35 bits per heavy atom. The molecule has 0 atom stereocenters. The number of Topliss-reactive ketones (excluding diaryl/α,β-unsaturated/α-hetero) is 1. The molecule has 2 rings (SSSR count). The topological polar surface area (TPSA) is 37.3 Å². The predicted octanol–water partition coefficient (Wildman–Crippen LogP) is 3.00. The summed E-state index contributed by atoms with van der Waals surface area (Å²) in [5.74, 6) is -0.105. The maximum absolute atomic E-state index is 13.1. The number of rotatable bonds is 2. The normalized spacial score (nSPS) is 19.4. The van der Waals surface area contributed by atoms with Crippen LogP contribution in [0.1, 0.15) is 31.2 Å². The van der Waals surface area contributed by atoms with Gasteiger partial charge in [0, 0.05) is 23.7 Å². The summed E-state index contributed by atoms with van der Waals surface area (Å²) in [5.41, 5.74) is -0.119. The van der Waals surface area contributed by atoms with Crippen LogP contribution in [0, 0.1) is 5.82 Å². The first-order valence-electron chi connectivity index (χ1n) is 5.67. The molecule has 0 spiro atoms. The number of hydrogen-bond donors (Lipinski definition) is 1. The van der Waals surface area contributed by atoms with Gasteiger partial charge < -0.3 is 5.11 Å². The largest absolute Gasteiger partial charge is 0.390 e. The fraction of sp³-hybridized carbons (Fsp3) is 0.462. The molecule has 1 N–H and O–H groups in total. The highest BCUT2D eigenvalue weighted by Crippen LogP contribution is 2.32. The van der Waals surface area contributed by atoms with Crippen LogP contribution in [0.25, 0.3) is 0 Å². The van der Waals surface area contributed by atoms with E-state index >= 15 is 0 Å². The Hall–Kier alpha value is -0.740. The molecule has 0 bridgehead atoms. The van der Waals surface area contributed by atoms with Gasteiger partial charge in [0.25, 0.3) is 0 Å². The van der Waals surface area contributed by atoms with Crippen molar-refractivity contribution in [1.29, 1.82) is 0 Å². The third-order valence-corrected chi connectivity index (χ3v) is 4.04. The molecule has 1 aliphatic carbocycles. The summed E-state index contributed by atoms with van der Waals surface area (Å²) in [5, 5.41) is 10.4. The smallest absolute Gasteiger partial charge is 0.133 e. The first-order valence-corrected chi connectivity index (χ1v) is 6.46. The molecule has 0 unspecified atom stereocenters. The molecule has 0 aliphatic heterocycles. The maximum Gasteiger partial charge on any atom is 0.133 e. The van der Waals surface area contributed by atoms with E-state index in [1.807, 2.05) is 0 Å². The van der Waals surface area contributed by atoms with Gasteiger partial charge in [-0.15, -0.1) is 0 Å². The van der Waals surface area contributed by atoms with Crippen molar-refractivity contribution in [1.82, 2.24) is 0 Å². The molecule has 1 aliphatic rings. The van der Waals surface area contributed by atoms with Crippen molar-refractivity contribution in [3.63, 3.8) is 0 Å². The van der Waals surface area contributed by atoms with Crippen LogP contribution in [0.3, 0.4) is 0 Å². The number of carbonyl (C=O) groups is 1. The summed E-state index contributed by atoms with van der Waals surface area (Å²) < 4.78 is 13.9. The van der Waals surface area contributed by atoms with Gasteiger partial charge in [0.05, 0.1) is 5.60 Å². The van der Waals surface area contributed by atoms with Crippen LogP contribution in [0.15, 0.2) is 22.7 Å². The van der Waals surface area contributed by atoms with E-state index in [9.17, 15) is 14.3 Å². The molecule has 17 heavy (non-hydrogen) atoms. The average molecular weight is 301 g/mol. The van der Waals surface area contributed by atoms with Crippen LogP contribution in [0.2, 0.25) is 0 Å². The molecular weight excluding hydrogens is 287 g/mol. The van der Waals surface area contributed by atoms with Crippen molar-refractivity contribution >= 4 is 21.7 Å². The van der Waals surface area contributed by atoms with E-state index in [-0.39, 0.29) is 11.6 Å². The predicted molar refractivity (Wildman–Crippen MR) is 66.2 cm³/mol. The quantitative estimate of drug-likeness (QED) is 0.912. The lowest BCUT2D eigenvalue weighted by atomic mass is 9.80. The summed E-state index contributed by atoms with van der Waals surface area (Å²) in [7, 11) is 0. The molecule has 2 nitrogen and oxygen atoms in total. The first-order chi connectivity index (χ1) is 7.98. The third-order valence-electron chi connectivity index (χ3n) is 3.27. The Morgan fingerprint density at radius 3 is 2.65 bits per heavy atom. The van der Waals surface area contributed by atoms with Crippen molar-refractivity contribution in [3.8, 4) is 0 Å². The Kier molecular flexibility index (Phi) is 3.64. The third kappa shape index (κ3) is 3.13. The van der Waals surface area contributed by atoms with Crippen LogP contribution in [-0.4, -0.2) is 16.5 Å². The van der Waals surface area contributed by atoms with E-state index in [4.69, 9.17) is 0 Å². The number of aliphatic hydroxyl groups is 1. The molecule has 0 heterocycles. The highest BCUT2D eigenvalue weighted by molar-refractivity contribution is 9.10. The van der Waals surface area contributed by atoms with Crippen LogP contribution in [0.5, 0.6) is 0 Å². The molecule has 92 valence electrons. The first kappa shape index (κ1) is 12.7. The van der Waals surface area contributed by atoms with E-state index in [1.165, 1.54) is 12.1 Å². The summed E-state index contributed by atoms with van der Waals surface area (Å²) in [6.07, 6.45) is 2.16. The minimum atomic E-state index is -0.871. The zero-order valence-corrected chi connectivity index (χ0v) is 11.0. The van der Waals surface area contributed by atoms with Crippen molar-refractivity contribution in [2.24, 2.45) is 0 Å². The molecule has 0 radical (unpaired) electrons. The minimum absolute atomic E-state index is 0.202. The van der Waals surface area contributed by atoms with E-state index in [0.29, 0.717) is 32.1 Å². The van der Waals surface area contributed by atoms with Gasteiger partial charge >= 0.3 is 0 Å². The molecule has 1 fully saturated rings. The summed E-state index contributed by atoms with van der Waals surface area (Å²) in [6.45, 7) is 0. The minimum Gasteiger partial charge on any atom is -0.390 e. The van der Waals surface area contributed by atoms with E-state index in [1.54, 1.807) is 6.07 Å². The molecular formula is C13H14BrFO2. The monoisotopic (exact) mass is 300 g/mol. The SMILES string of the molecule is O=C1CCC(O)(Cc2cc(F)ccc2Br)CC1. The highest BCUT2D eigenvalue weighted by atomic mass is 79.9. The second kappa shape index (κ2) is 4.86. The van der Waals surface area contributed by atoms with Gasteiger partial charge in [0.1, 0.15) is 11.6 Å². The fourth-order valence-corrected chi connectivity index (χ4v) is 2.59. The number of carbonyl (C=O) groups excluding carboxylic acids is 1. The summed E-state index contributed by atoms with van der Waals surface area (Å²) in [4.78, 5) is 11.1. The van der Waals surface area contributed by atoms with Crippen molar-refractivity contribution < 1.29 is 14.3 Å². The van der Waals surface area contributed by atoms with Crippen molar-refractivity contribution in [2.45, 2.75) is 37.7 Å². The van der Waals surface area contributed by atoms with Gasteiger partial charge in [-0.1, -0.05) is 15.9 Å².